The fraction of sp³-hybridized carbons (Fsp3) is 0.167. The van der Waals surface area contributed by atoms with Crippen LogP contribution in [0.15, 0.2) is 51.1 Å². The summed E-state index contributed by atoms with van der Waals surface area (Å²) in [7, 11) is -3.90. The lowest BCUT2D eigenvalue weighted by atomic mass is 10.1. The summed E-state index contributed by atoms with van der Waals surface area (Å²) in [6, 6.07) is 7.65. The predicted molar refractivity (Wildman–Crippen MR) is 64.4 cm³/mol. The maximum Gasteiger partial charge on any atom is 0.312 e. The average molecular weight is 281 g/mol. The first kappa shape index (κ1) is 13.3. The summed E-state index contributed by atoms with van der Waals surface area (Å²) in [4.78, 5) is 14.7. The number of nitrogens with zero attached hydrogens (tertiary/aromatic N) is 1. The van der Waals surface area contributed by atoms with E-state index in [0.717, 1.165) is 6.39 Å². The van der Waals surface area contributed by atoms with Crippen LogP contribution in [-0.2, 0) is 14.6 Å². The van der Waals surface area contributed by atoms with Gasteiger partial charge in [-0.05, 0) is 19.1 Å². The van der Waals surface area contributed by atoms with Crippen molar-refractivity contribution in [2.24, 2.45) is 0 Å². The molecule has 6 nitrogen and oxygen atoms in total. The highest BCUT2D eigenvalue weighted by Gasteiger charge is 2.31. The number of sulfone groups is 1. The van der Waals surface area contributed by atoms with Gasteiger partial charge in [0.25, 0.3) is 0 Å². The zero-order valence-electron chi connectivity index (χ0n) is 9.98. The first-order chi connectivity index (χ1) is 8.94. The van der Waals surface area contributed by atoms with Gasteiger partial charge in [0.2, 0.25) is 14.9 Å². The van der Waals surface area contributed by atoms with Crippen LogP contribution in [0.1, 0.15) is 18.5 Å². The minimum absolute atomic E-state index is 0.0330. The van der Waals surface area contributed by atoms with Crippen LogP contribution in [-0.4, -0.2) is 24.5 Å². The highest BCUT2D eigenvalue weighted by molar-refractivity contribution is 7.91. The van der Waals surface area contributed by atoms with Crippen LogP contribution in [0.25, 0.3) is 0 Å². The Balaban J connectivity index is 2.55. The van der Waals surface area contributed by atoms with Gasteiger partial charge in [0.1, 0.15) is 11.6 Å². The number of carboxylic acid groups (broad SMARTS) is 1. The van der Waals surface area contributed by atoms with Crippen LogP contribution in [0.3, 0.4) is 0 Å². The zero-order valence-corrected chi connectivity index (χ0v) is 10.8. The molecule has 1 N–H and O–H groups in total. The van der Waals surface area contributed by atoms with Crippen molar-refractivity contribution in [2.75, 3.05) is 0 Å². The molecule has 0 radical (unpaired) electrons. The normalized spacial score (nSPS) is 13.1. The standard InChI is InChI=1S/C12H11NO5S/c1-8(11(14)15)10-12(18-7-13-10)19(16,17)9-5-3-2-4-6-9/h2-8H,1H3,(H,14,15). The molecule has 0 saturated heterocycles. The summed E-state index contributed by atoms with van der Waals surface area (Å²) in [6.07, 6.45) is 0.935. The molecule has 0 aliphatic heterocycles. The average Bonchev–Trinajstić information content (AvgIpc) is 2.88. The predicted octanol–water partition coefficient (Wildman–Crippen LogP) is 1.70. The molecule has 1 aromatic carbocycles. The lowest BCUT2D eigenvalue weighted by Gasteiger charge is -2.06. The number of oxazole rings is 1. The molecular formula is C12H11NO5S. The molecule has 1 unspecified atom stereocenters. The van der Waals surface area contributed by atoms with Gasteiger partial charge in [-0.1, -0.05) is 18.2 Å². The molecule has 2 aromatic rings. The summed E-state index contributed by atoms with van der Waals surface area (Å²) >= 11 is 0. The van der Waals surface area contributed by atoms with Gasteiger partial charge in [-0.2, -0.15) is 0 Å². The van der Waals surface area contributed by atoms with Crippen molar-refractivity contribution in [1.82, 2.24) is 4.98 Å². The van der Waals surface area contributed by atoms with Gasteiger partial charge in [-0.3, -0.25) is 4.79 Å². The molecule has 0 aliphatic rings. The Hall–Kier alpha value is -2.15. The van der Waals surface area contributed by atoms with Crippen molar-refractivity contribution in [3.8, 4) is 0 Å². The lowest BCUT2D eigenvalue weighted by Crippen LogP contribution is -2.12. The molecule has 7 heteroatoms. The van der Waals surface area contributed by atoms with Crippen LogP contribution in [0.4, 0.5) is 0 Å². The molecule has 0 amide bonds. The van der Waals surface area contributed by atoms with E-state index in [1.165, 1.54) is 19.1 Å². The van der Waals surface area contributed by atoms with Gasteiger partial charge < -0.3 is 9.52 Å². The number of aliphatic carboxylic acids is 1. The Morgan fingerprint density at radius 3 is 2.53 bits per heavy atom. The van der Waals surface area contributed by atoms with Gasteiger partial charge in [-0.25, -0.2) is 13.4 Å². The van der Waals surface area contributed by atoms with Crippen LogP contribution in [0.2, 0.25) is 0 Å². The van der Waals surface area contributed by atoms with Crippen LogP contribution >= 0.6 is 0 Å². The number of carbonyl (C=O) groups is 1. The van der Waals surface area contributed by atoms with E-state index in [1.807, 2.05) is 0 Å². The highest BCUT2D eigenvalue weighted by atomic mass is 32.2. The monoisotopic (exact) mass is 281 g/mol. The third kappa shape index (κ3) is 2.37. The van der Waals surface area contributed by atoms with E-state index in [0.29, 0.717) is 0 Å². The fourth-order valence-electron chi connectivity index (χ4n) is 1.56. The van der Waals surface area contributed by atoms with E-state index < -0.39 is 26.8 Å². The minimum atomic E-state index is -3.90. The Labute approximate surface area is 109 Å². The number of hydrogen-bond acceptors (Lipinski definition) is 5. The van der Waals surface area contributed by atoms with Gasteiger partial charge >= 0.3 is 5.97 Å². The highest BCUT2D eigenvalue weighted by Crippen LogP contribution is 2.28. The second-order valence-corrected chi connectivity index (χ2v) is 5.75. The second-order valence-electron chi connectivity index (χ2n) is 3.90. The van der Waals surface area contributed by atoms with Crippen molar-refractivity contribution >= 4 is 15.8 Å². The van der Waals surface area contributed by atoms with Crippen molar-refractivity contribution < 1.29 is 22.7 Å². The minimum Gasteiger partial charge on any atom is -0.481 e. The van der Waals surface area contributed by atoms with E-state index in [-0.39, 0.29) is 10.6 Å². The van der Waals surface area contributed by atoms with Gasteiger partial charge in [0.15, 0.2) is 6.39 Å². The SMILES string of the molecule is CC(C(=O)O)c1ncoc1S(=O)(=O)c1ccccc1. The molecule has 0 spiro atoms. The van der Waals surface area contributed by atoms with Gasteiger partial charge in [0.05, 0.1) is 4.90 Å². The maximum absolute atomic E-state index is 12.3. The van der Waals surface area contributed by atoms with E-state index in [1.54, 1.807) is 18.2 Å². The molecule has 2 rings (SSSR count). The molecule has 1 aromatic heterocycles. The number of hydrogen-bond donors (Lipinski definition) is 1. The van der Waals surface area contributed by atoms with Crippen molar-refractivity contribution in [3.05, 3.63) is 42.4 Å². The largest absolute Gasteiger partial charge is 0.481 e. The summed E-state index contributed by atoms with van der Waals surface area (Å²) in [5.41, 5.74) is -0.101. The summed E-state index contributed by atoms with van der Waals surface area (Å²) in [6.45, 7) is 1.35. The molecule has 19 heavy (non-hydrogen) atoms. The molecule has 0 saturated carbocycles. The topological polar surface area (TPSA) is 97.5 Å². The van der Waals surface area contributed by atoms with Crippen molar-refractivity contribution in [1.29, 1.82) is 0 Å². The quantitative estimate of drug-likeness (QED) is 0.915. The number of rotatable bonds is 4. The third-order valence-corrected chi connectivity index (χ3v) is 4.33. The Kier molecular flexibility index (Phi) is 3.39. The van der Waals surface area contributed by atoms with E-state index in [4.69, 9.17) is 9.52 Å². The maximum atomic E-state index is 12.3. The van der Waals surface area contributed by atoms with Gasteiger partial charge in [0, 0.05) is 0 Å². The molecule has 0 fully saturated rings. The van der Waals surface area contributed by atoms with E-state index >= 15 is 0 Å². The molecular weight excluding hydrogens is 270 g/mol. The zero-order chi connectivity index (χ0) is 14.0. The Morgan fingerprint density at radius 1 is 1.32 bits per heavy atom. The smallest absolute Gasteiger partial charge is 0.312 e. The second kappa shape index (κ2) is 4.85. The molecule has 1 heterocycles. The molecule has 0 aliphatic carbocycles. The first-order valence-electron chi connectivity index (χ1n) is 5.41. The summed E-state index contributed by atoms with van der Waals surface area (Å²) < 4.78 is 29.5. The van der Waals surface area contributed by atoms with Crippen molar-refractivity contribution in [2.45, 2.75) is 22.8 Å². The van der Waals surface area contributed by atoms with E-state index in [9.17, 15) is 13.2 Å². The molecule has 1 atom stereocenters. The number of benzene rings is 1. The van der Waals surface area contributed by atoms with E-state index in [2.05, 4.69) is 4.98 Å². The Bertz CT molecular complexity index is 690. The Morgan fingerprint density at radius 2 is 1.95 bits per heavy atom. The lowest BCUT2D eigenvalue weighted by molar-refractivity contribution is -0.138. The summed E-state index contributed by atoms with van der Waals surface area (Å²) in [5, 5.41) is 8.52. The molecule has 100 valence electrons. The third-order valence-electron chi connectivity index (χ3n) is 2.64. The fourth-order valence-corrected chi connectivity index (χ4v) is 2.96. The summed E-state index contributed by atoms with van der Waals surface area (Å²) in [5.74, 6) is -2.23. The van der Waals surface area contributed by atoms with Crippen LogP contribution < -0.4 is 0 Å². The van der Waals surface area contributed by atoms with Crippen molar-refractivity contribution in [3.63, 3.8) is 0 Å². The number of aromatic nitrogens is 1. The first-order valence-corrected chi connectivity index (χ1v) is 6.89. The van der Waals surface area contributed by atoms with Gasteiger partial charge in [-0.15, -0.1) is 0 Å². The van der Waals surface area contributed by atoms with Crippen LogP contribution in [0, 0.1) is 0 Å². The molecule has 0 bridgehead atoms. The van der Waals surface area contributed by atoms with Crippen LogP contribution in [0.5, 0.6) is 0 Å². The number of carboxylic acids is 1.